The van der Waals surface area contributed by atoms with Crippen LogP contribution in [0.2, 0.25) is 0 Å². The van der Waals surface area contributed by atoms with E-state index in [0.29, 0.717) is 10.9 Å². The molecule has 1 aromatic carbocycles. The summed E-state index contributed by atoms with van der Waals surface area (Å²) in [7, 11) is 0. The first kappa shape index (κ1) is 11.5. The maximum absolute atomic E-state index is 10.7. The second kappa shape index (κ2) is 5.32. The molecular formula is C10H8Br2O2. The van der Waals surface area contributed by atoms with Crippen molar-refractivity contribution in [1.82, 2.24) is 0 Å². The first-order valence-electron chi connectivity index (χ1n) is 3.89. The summed E-state index contributed by atoms with van der Waals surface area (Å²) in [5.74, 6) is -0.898. The molecule has 0 aromatic heterocycles. The van der Waals surface area contributed by atoms with Gasteiger partial charge >= 0.3 is 5.97 Å². The quantitative estimate of drug-likeness (QED) is 0.685. The molecule has 0 aliphatic rings. The molecule has 0 spiro atoms. The Kier molecular flexibility index (Phi) is 4.35. The second-order valence-electron chi connectivity index (χ2n) is 2.66. The molecular weight excluding hydrogens is 312 g/mol. The van der Waals surface area contributed by atoms with Gasteiger partial charge in [-0.05, 0) is 23.8 Å². The normalized spacial score (nSPS) is 11.4. The third-order valence-electron chi connectivity index (χ3n) is 1.63. The zero-order valence-electron chi connectivity index (χ0n) is 7.21. The fraction of sp³-hybridized carbons (Fsp3) is 0.100. The number of rotatable bonds is 3. The van der Waals surface area contributed by atoms with Crippen molar-refractivity contribution in [1.29, 1.82) is 0 Å². The summed E-state index contributed by atoms with van der Waals surface area (Å²) in [5.41, 5.74) is 1.22. The zero-order chi connectivity index (χ0) is 10.6. The van der Waals surface area contributed by atoms with E-state index in [9.17, 15) is 4.79 Å². The van der Waals surface area contributed by atoms with Crippen molar-refractivity contribution in [2.24, 2.45) is 0 Å². The van der Waals surface area contributed by atoms with Gasteiger partial charge in [-0.3, -0.25) is 0 Å². The first-order valence-corrected chi connectivity index (χ1v) is 5.80. The smallest absolute Gasteiger partial charge is 0.332 e. The van der Waals surface area contributed by atoms with Gasteiger partial charge in [0.25, 0.3) is 0 Å². The van der Waals surface area contributed by atoms with Crippen LogP contribution < -0.4 is 0 Å². The summed E-state index contributed by atoms with van der Waals surface area (Å²) in [4.78, 5) is 10.7. The Hall–Kier alpha value is -0.610. The van der Waals surface area contributed by atoms with Crippen molar-refractivity contribution in [3.8, 4) is 0 Å². The number of alkyl halides is 1. The molecule has 1 aromatic rings. The minimum absolute atomic E-state index is 0.340. The largest absolute Gasteiger partial charge is 0.478 e. The Morgan fingerprint density at radius 3 is 2.36 bits per heavy atom. The van der Waals surface area contributed by atoms with E-state index in [1.54, 1.807) is 6.08 Å². The van der Waals surface area contributed by atoms with Crippen LogP contribution >= 0.6 is 31.9 Å². The van der Waals surface area contributed by atoms with Gasteiger partial charge < -0.3 is 5.11 Å². The van der Waals surface area contributed by atoms with Crippen LogP contribution in [0.25, 0.3) is 6.08 Å². The molecule has 0 bridgehead atoms. The molecule has 0 saturated heterocycles. The van der Waals surface area contributed by atoms with Crippen molar-refractivity contribution >= 4 is 43.9 Å². The van der Waals surface area contributed by atoms with Crippen molar-refractivity contribution < 1.29 is 9.90 Å². The SMILES string of the molecule is O=C(O)/C(=C/c1ccc(Br)cc1)CBr. The molecule has 0 saturated carbocycles. The first-order chi connectivity index (χ1) is 6.63. The lowest BCUT2D eigenvalue weighted by atomic mass is 10.1. The number of aliphatic carboxylic acids is 1. The Bertz CT molecular complexity index is 355. The van der Waals surface area contributed by atoms with Gasteiger partial charge in [0.1, 0.15) is 0 Å². The second-order valence-corrected chi connectivity index (χ2v) is 4.14. The van der Waals surface area contributed by atoms with Crippen molar-refractivity contribution in [2.75, 3.05) is 5.33 Å². The van der Waals surface area contributed by atoms with Crippen LogP contribution in [0.15, 0.2) is 34.3 Å². The molecule has 1 rings (SSSR count). The highest BCUT2D eigenvalue weighted by Gasteiger charge is 2.04. The molecule has 0 amide bonds. The topological polar surface area (TPSA) is 37.3 Å². The minimum atomic E-state index is -0.898. The third-order valence-corrected chi connectivity index (χ3v) is 2.76. The molecule has 1 N–H and O–H groups in total. The van der Waals surface area contributed by atoms with Crippen LogP contribution in [0, 0.1) is 0 Å². The number of carboxylic acid groups (broad SMARTS) is 1. The number of benzene rings is 1. The molecule has 0 radical (unpaired) electrons. The lowest BCUT2D eigenvalue weighted by Gasteiger charge is -1.97. The van der Waals surface area contributed by atoms with Gasteiger partial charge in [0.05, 0.1) is 0 Å². The van der Waals surface area contributed by atoms with Gasteiger partial charge in [0, 0.05) is 15.4 Å². The van der Waals surface area contributed by atoms with Gasteiger partial charge in [-0.2, -0.15) is 0 Å². The molecule has 74 valence electrons. The Labute approximate surface area is 98.9 Å². The molecule has 0 atom stereocenters. The van der Waals surface area contributed by atoms with Gasteiger partial charge in [-0.25, -0.2) is 4.79 Å². The maximum Gasteiger partial charge on any atom is 0.332 e. The molecule has 0 aliphatic heterocycles. The van der Waals surface area contributed by atoms with Crippen LogP contribution in [0.5, 0.6) is 0 Å². The van der Waals surface area contributed by atoms with Crippen LogP contribution in [0.1, 0.15) is 5.56 Å². The van der Waals surface area contributed by atoms with E-state index in [1.807, 2.05) is 24.3 Å². The summed E-state index contributed by atoms with van der Waals surface area (Å²) in [5, 5.41) is 9.13. The average Bonchev–Trinajstić information content (AvgIpc) is 2.16. The highest BCUT2D eigenvalue weighted by Crippen LogP contribution is 2.14. The highest BCUT2D eigenvalue weighted by atomic mass is 79.9. The molecule has 14 heavy (non-hydrogen) atoms. The lowest BCUT2D eigenvalue weighted by molar-refractivity contribution is -0.132. The highest BCUT2D eigenvalue weighted by molar-refractivity contribution is 9.10. The van der Waals surface area contributed by atoms with Crippen molar-refractivity contribution in [3.05, 3.63) is 39.9 Å². The van der Waals surface area contributed by atoms with E-state index < -0.39 is 5.97 Å². The monoisotopic (exact) mass is 318 g/mol. The predicted molar refractivity (Wildman–Crippen MR) is 63.5 cm³/mol. The molecule has 0 unspecified atom stereocenters. The van der Waals surface area contributed by atoms with Gasteiger partial charge in [0.15, 0.2) is 0 Å². The zero-order valence-corrected chi connectivity index (χ0v) is 10.4. The number of halogens is 2. The number of hydrogen-bond donors (Lipinski definition) is 1. The average molecular weight is 320 g/mol. The van der Waals surface area contributed by atoms with Crippen LogP contribution in [0.4, 0.5) is 0 Å². The van der Waals surface area contributed by atoms with Crippen LogP contribution in [-0.2, 0) is 4.79 Å². The van der Waals surface area contributed by atoms with Gasteiger partial charge in [-0.1, -0.05) is 44.0 Å². The van der Waals surface area contributed by atoms with Gasteiger partial charge in [0.2, 0.25) is 0 Å². The lowest BCUT2D eigenvalue weighted by Crippen LogP contribution is -2.00. The summed E-state index contributed by atoms with van der Waals surface area (Å²) >= 11 is 6.44. The van der Waals surface area contributed by atoms with E-state index in [4.69, 9.17) is 5.11 Å². The van der Waals surface area contributed by atoms with E-state index in [0.717, 1.165) is 10.0 Å². The molecule has 0 heterocycles. The third kappa shape index (κ3) is 3.27. The fourth-order valence-electron chi connectivity index (χ4n) is 0.918. The summed E-state index contributed by atoms with van der Waals surface area (Å²) in [6.07, 6.45) is 1.64. The predicted octanol–water partition coefficient (Wildman–Crippen LogP) is 3.31. The Morgan fingerprint density at radius 1 is 1.36 bits per heavy atom. The van der Waals surface area contributed by atoms with E-state index in [2.05, 4.69) is 31.9 Å². The Morgan fingerprint density at radius 2 is 1.93 bits per heavy atom. The summed E-state index contributed by atoms with van der Waals surface area (Å²) < 4.78 is 0.977. The van der Waals surface area contributed by atoms with E-state index in [-0.39, 0.29) is 0 Å². The van der Waals surface area contributed by atoms with Gasteiger partial charge in [-0.15, -0.1) is 0 Å². The number of carbonyl (C=O) groups is 1. The van der Waals surface area contributed by atoms with Crippen molar-refractivity contribution in [3.63, 3.8) is 0 Å². The fourth-order valence-corrected chi connectivity index (χ4v) is 1.58. The number of carboxylic acids is 1. The van der Waals surface area contributed by atoms with Crippen LogP contribution in [-0.4, -0.2) is 16.4 Å². The number of hydrogen-bond acceptors (Lipinski definition) is 1. The van der Waals surface area contributed by atoms with Crippen LogP contribution in [0.3, 0.4) is 0 Å². The standard InChI is InChI=1S/C10H8Br2O2/c11-6-8(10(13)14)5-7-1-3-9(12)4-2-7/h1-5H,6H2,(H,13,14)/b8-5+. The minimum Gasteiger partial charge on any atom is -0.478 e. The summed E-state index contributed by atoms with van der Waals surface area (Å²) in [6.45, 7) is 0. The molecule has 0 fully saturated rings. The Balaban J connectivity index is 2.95. The molecule has 0 aliphatic carbocycles. The summed E-state index contributed by atoms with van der Waals surface area (Å²) in [6, 6.07) is 7.46. The van der Waals surface area contributed by atoms with Crippen molar-refractivity contribution in [2.45, 2.75) is 0 Å². The molecule has 4 heteroatoms. The van der Waals surface area contributed by atoms with E-state index in [1.165, 1.54) is 0 Å². The van der Waals surface area contributed by atoms with E-state index >= 15 is 0 Å². The molecule has 2 nitrogen and oxygen atoms in total. The maximum atomic E-state index is 10.7.